The molecule has 0 aliphatic heterocycles. The van der Waals surface area contributed by atoms with Gasteiger partial charge in [0, 0.05) is 0 Å². The quantitative estimate of drug-likeness (QED) is 0.514. The van der Waals surface area contributed by atoms with Gasteiger partial charge in [0.1, 0.15) is 0 Å². The first-order chi connectivity index (χ1) is 5.81. The number of hydrogen-bond donors (Lipinski definition) is 0. The highest BCUT2D eigenvalue weighted by molar-refractivity contribution is 4.92. The van der Waals surface area contributed by atoms with E-state index in [9.17, 15) is 0 Å². The summed E-state index contributed by atoms with van der Waals surface area (Å²) in [6.07, 6.45) is 9.54. The van der Waals surface area contributed by atoms with Crippen LogP contribution in [-0.2, 0) is 0 Å². The summed E-state index contributed by atoms with van der Waals surface area (Å²) in [6, 6.07) is 0. The molecule has 3 atom stereocenters. The second-order valence-corrected chi connectivity index (χ2v) is 5.75. The molecule has 4 rings (SSSR count). The molecule has 0 radical (unpaired) electrons. The molecule has 0 heteroatoms. The lowest BCUT2D eigenvalue weighted by Gasteiger charge is -2.38. The molecule has 0 amide bonds. The van der Waals surface area contributed by atoms with Gasteiger partial charge in [0.25, 0.3) is 0 Å². The van der Waals surface area contributed by atoms with Crippen molar-refractivity contribution >= 4 is 0 Å². The molecular weight excluding hydrogens is 144 g/mol. The van der Waals surface area contributed by atoms with Gasteiger partial charge in [-0.25, -0.2) is 0 Å². The second kappa shape index (κ2) is 2.49. The Morgan fingerprint density at radius 2 is 1.17 bits per heavy atom. The van der Waals surface area contributed by atoms with Crippen LogP contribution in [0.15, 0.2) is 0 Å². The smallest absolute Gasteiger partial charge is 0.0383 e. The van der Waals surface area contributed by atoms with Crippen LogP contribution in [0.3, 0.4) is 0 Å². The summed E-state index contributed by atoms with van der Waals surface area (Å²) >= 11 is 0. The third kappa shape index (κ3) is 1.03. The predicted molar refractivity (Wildman–Crippen MR) is 50.8 cm³/mol. The number of rotatable bonds is 0. The van der Waals surface area contributed by atoms with E-state index in [1.807, 2.05) is 0 Å². The van der Waals surface area contributed by atoms with Crippen molar-refractivity contribution in [3.63, 3.8) is 0 Å². The highest BCUT2D eigenvalue weighted by Gasteiger charge is 2.41. The molecule has 0 aromatic rings. The maximum Gasteiger partial charge on any atom is -0.0383 e. The van der Waals surface area contributed by atoms with Crippen LogP contribution >= 0.6 is 0 Å². The van der Waals surface area contributed by atoms with Crippen molar-refractivity contribution in [1.29, 1.82) is 0 Å². The Kier molecular flexibility index (Phi) is 1.54. The van der Waals surface area contributed by atoms with E-state index in [2.05, 4.69) is 6.92 Å². The van der Waals surface area contributed by atoms with Gasteiger partial charge in [-0.05, 0) is 68.1 Å². The van der Waals surface area contributed by atoms with Crippen molar-refractivity contribution in [2.45, 2.75) is 45.4 Å². The summed E-state index contributed by atoms with van der Waals surface area (Å²) in [5, 5.41) is 0. The SMILES string of the molecule is CC1CC2CC3CC(C2)CC1C3. The maximum atomic E-state index is 2.51. The van der Waals surface area contributed by atoms with Gasteiger partial charge in [-0.2, -0.15) is 0 Å². The molecule has 12 heavy (non-hydrogen) atoms. The van der Waals surface area contributed by atoms with Crippen molar-refractivity contribution < 1.29 is 0 Å². The molecule has 0 N–H and O–H groups in total. The van der Waals surface area contributed by atoms with E-state index < -0.39 is 0 Å². The summed E-state index contributed by atoms with van der Waals surface area (Å²) in [4.78, 5) is 0. The van der Waals surface area contributed by atoms with Crippen LogP contribution in [-0.4, -0.2) is 0 Å². The highest BCUT2D eigenvalue weighted by atomic mass is 14.5. The van der Waals surface area contributed by atoms with Crippen molar-refractivity contribution in [2.24, 2.45) is 29.6 Å². The molecule has 4 aliphatic rings. The minimum absolute atomic E-state index is 1.06. The Bertz CT molecular complexity index is 170. The zero-order valence-electron chi connectivity index (χ0n) is 8.13. The standard InChI is InChI=1S/C12H20/c1-8-2-9-3-10-5-11(4-9)7-12(8)6-10/h8-12H,2-7H2,1H3. The first kappa shape index (κ1) is 7.41. The fourth-order valence-corrected chi connectivity index (χ4v) is 4.42. The minimum atomic E-state index is 1.06. The first-order valence-electron chi connectivity index (χ1n) is 5.81. The van der Waals surface area contributed by atoms with Gasteiger partial charge in [0.15, 0.2) is 0 Å². The molecule has 3 unspecified atom stereocenters. The average molecular weight is 164 g/mol. The number of hydrogen-bond acceptors (Lipinski definition) is 0. The zero-order valence-corrected chi connectivity index (χ0v) is 8.13. The van der Waals surface area contributed by atoms with E-state index >= 15 is 0 Å². The van der Waals surface area contributed by atoms with Gasteiger partial charge in [-0.15, -0.1) is 0 Å². The Morgan fingerprint density at radius 3 is 1.75 bits per heavy atom. The topological polar surface area (TPSA) is 0 Å². The summed E-state index contributed by atoms with van der Waals surface area (Å²) in [5.41, 5.74) is 0. The summed E-state index contributed by atoms with van der Waals surface area (Å²) in [6.45, 7) is 2.51. The molecule has 0 aromatic heterocycles. The number of fused-ring (bicyclic) bond motifs is 1. The van der Waals surface area contributed by atoms with Crippen LogP contribution in [0, 0.1) is 29.6 Å². The first-order valence-corrected chi connectivity index (χ1v) is 5.81. The van der Waals surface area contributed by atoms with E-state index in [1.165, 1.54) is 0 Å². The van der Waals surface area contributed by atoms with Crippen LogP contribution in [0.2, 0.25) is 0 Å². The Morgan fingerprint density at radius 1 is 0.667 bits per heavy atom. The summed E-state index contributed by atoms with van der Waals surface area (Å²) in [5.74, 6) is 5.62. The zero-order chi connectivity index (χ0) is 8.13. The molecule has 0 nitrogen and oxygen atoms in total. The molecule has 0 aromatic carbocycles. The van der Waals surface area contributed by atoms with Crippen LogP contribution in [0.25, 0.3) is 0 Å². The van der Waals surface area contributed by atoms with Gasteiger partial charge < -0.3 is 0 Å². The fourth-order valence-electron chi connectivity index (χ4n) is 4.42. The van der Waals surface area contributed by atoms with Crippen molar-refractivity contribution in [3.8, 4) is 0 Å². The normalized spacial score (nSPS) is 57.2. The minimum Gasteiger partial charge on any atom is -0.0622 e. The maximum absolute atomic E-state index is 2.51. The van der Waals surface area contributed by atoms with E-state index in [4.69, 9.17) is 0 Å². The van der Waals surface area contributed by atoms with E-state index in [0.717, 1.165) is 29.6 Å². The van der Waals surface area contributed by atoms with Gasteiger partial charge in [0.2, 0.25) is 0 Å². The van der Waals surface area contributed by atoms with Gasteiger partial charge in [-0.3, -0.25) is 0 Å². The monoisotopic (exact) mass is 164 g/mol. The Labute approximate surface area is 75.7 Å². The highest BCUT2D eigenvalue weighted by Crippen LogP contribution is 2.52. The van der Waals surface area contributed by atoms with E-state index in [0.29, 0.717) is 0 Å². The average Bonchev–Trinajstić information content (AvgIpc) is 2.16. The molecular formula is C12H20. The molecule has 4 bridgehead atoms. The lowest BCUT2D eigenvalue weighted by atomic mass is 9.67. The summed E-state index contributed by atoms with van der Waals surface area (Å²) in [7, 11) is 0. The molecule has 0 heterocycles. The van der Waals surface area contributed by atoms with Crippen LogP contribution in [0.4, 0.5) is 0 Å². The van der Waals surface area contributed by atoms with Gasteiger partial charge in [-0.1, -0.05) is 6.92 Å². The van der Waals surface area contributed by atoms with Crippen LogP contribution in [0.5, 0.6) is 0 Å². The molecule has 68 valence electrons. The molecule has 0 spiro atoms. The van der Waals surface area contributed by atoms with Crippen molar-refractivity contribution in [2.75, 3.05) is 0 Å². The third-order valence-corrected chi connectivity index (χ3v) is 4.78. The fraction of sp³-hybridized carbons (Fsp3) is 1.00. The van der Waals surface area contributed by atoms with E-state index in [-0.39, 0.29) is 0 Å². The summed E-state index contributed by atoms with van der Waals surface area (Å²) < 4.78 is 0. The van der Waals surface area contributed by atoms with Crippen molar-refractivity contribution in [1.82, 2.24) is 0 Å². The lowest BCUT2D eigenvalue weighted by Crippen LogP contribution is -2.27. The van der Waals surface area contributed by atoms with Gasteiger partial charge >= 0.3 is 0 Å². The third-order valence-electron chi connectivity index (χ3n) is 4.78. The Hall–Kier alpha value is 0. The molecule has 4 aliphatic carbocycles. The van der Waals surface area contributed by atoms with Crippen LogP contribution < -0.4 is 0 Å². The second-order valence-electron chi connectivity index (χ2n) is 5.75. The Balaban J connectivity index is 1.91. The predicted octanol–water partition coefficient (Wildman–Crippen LogP) is 3.47. The molecule has 0 saturated heterocycles. The van der Waals surface area contributed by atoms with E-state index in [1.54, 1.807) is 38.5 Å². The van der Waals surface area contributed by atoms with Crippen molar-refractivity contribution in [3.05, 3.63) is 0 Å². The molecule has 4 saturated carbocycles. The largest absolute Gasteiger partial charge is 0.0622 e. The van der Waals surface area contributed by atoms with Crippen LogP contribution in [0.1, 0.15) is 45.4 Å². The lowest BCUT2D eigenvalue weighted by molar-refractivity contribution is 0.127. The van der Waals surface area contributed by atoms with Gasteiger partial charge in [0.05, 0.1) is 0 Å². The molecule has 4 fully saturated rings.